The van der Waals surface area contributed by atoms with Crippen molar-refractivity contribution in [1.82, 2.24) is 0 Å². The van der Waals surface area contributed by atoms with Crippen molar-refractivity contribution in [3.05, 3.63) is 34.9 Å². The van der Waals surface area contributed by atoms with E-state index in [4.69, 9.17) is 5.73 Å². The molecule has 2 aliphatic carbocycles. The second-order valence-corrected chi connectivity index (χ2v) is 7.00. The molecule has 2 aliphatic rings. The van der Waals surface area contributed by atoms with Gasteiger partial charge in [0.15, 0.2) is 0 Å². The molecule has 0 bridgehead atoms. The normalized spacial score (nSPS) is 27.9. The summed E-state index contributed by atoms with van der Waals surface area (Å²) in [5.74, 6) is 2.22. The minimum absolute atomic E-state index is 0.581. The molecule has 0 radical (unpaired) electrons. The van der Waals surface area contributed by atoms with E-state index in [1.807, 2.05) is 0 Å². The van der Waals surface area contributed by atoms with Gasteiger partial charge in [-0.2, -0.15) is 0 Å². The molecule has 0 spiro atoms. The van der Waals surface area contributed by atoms with E-state index in [9.17, 15) is 0 Å². The number of hydrogen-bond donors (Lipinski definition) is 1. The molecule has 0 aromatic heterocycles. The quantitative estimate of drug-likeness (QED) is 0.864. The summed E-state index contributed by atoms with van der Waals surface area (Å²) in [6, 6.07) is 7.26. The first-order chi connectivity index (χ1) is 9.79. The number of hydrogen-bond acceptors (Lipinski definition) is 1. The molecule has 1 aromatic rings. The van der Waals surface area contributed by atoms with E-state index in [0.29, 0.717) is 5.92 Å². The van der Waals surface area contributed by atoms with E-state index in [1.165, 1.54) is 56.9 Å². The lowest BCUT2D eigenvalue weighted by Crippen LogP contribution is -2.29. The Morgan fingerprint density at radius 1 is 1.05 bits per heavy atom. The SMILES string of the molecule is CC1CCCCC1C(CN)c1ccc2c(c1)CCCC2. The lowest BCUT2D eigenvalue weighted by molar-refractivity contribution is 0.218. The second-order valence-electron chi connectivity index (χ2n) is 7.00. The van der Waals surface area contributed by atoms with Gasteiger partial charge in [0, 0.05) is 0 Å². The van der Waals surface area contributed by atoms with Crippen molar-refractivity contribution in [1.29, 1.82) is 0 Å². The zero-order chi connectivity index (χ0) is 13.9. The standard InChI is InChI=1S/C19H29N/c1-14-6-2-5-9-18(14)19(13-20)17-11-10-15-7-3-4-8-16(15)12-17/h10-12,14,18-19H,2-9,13,20H2,1H3. The highest BCUT2D eigenvalue weighted by Crippen LogP contribution is 2.40. The van der Waals surface area contributed by atoms with Gasteiger partial charge in [-0.1, -0.05) is 44.4 Å². The van der Waals surface area contributed by atoms with Crippen molar-refractivity contribution in [2.24, 2.45) is 17.6 Å². The van der Waals surface area contributed by atoms with Crippen LogP contribution in [0.2, 0.25) is 0 Å². The van der Waals surface area contributed by atoms with Crippen molar-refractivity contribution >= 4 is 0 Å². The first-order valence-corrected chi connectivity index (χ1v) is 8.61. The van der Waals surface area contributed by atoms with Crippen LogP contribution < -0.4 is 5.73 Å². The highest BCUT2D eigenvalue weighted by Gasteiger charge is 2.29. The molecule has 1 fully saturated rings. The first kappa shape index (κ1) is 14.1. The third-order valence-electron chi connectivity index (χ3n) is 5.75. The highest BCUT2D eigenvalue weighted by atomic mass is 14.6. The van der Waals surface area contributed by atoms with E-state index in [2.05, 4.69) is 25.1 Å². The Kier molecular flexibility index (Phi) is 4.45. The van der Waals surface area contributed by atoms with Gasteiger partial charge in [0.2, 0.25) is 0 Å². The van der Waals surface area contributed by atoms with Crippen LogP contribution in [0.25, 0.3) is 0 Å². The molecule has 20 heavy (non-hydrogen) atoms. The summed E-state index contributed by atoms with van der Waals surface area (Å²) in [6.07, 6.45) is 10.9. The minimum Gasteiger partial charge on any atom is -0.330 e. The van der Waals surface area contributed by atoms with Gasteiger partial charge in [-0.15, -0.1) is 0 Å². The molecule has 1 heteroatoms. The lowest BCUT2D eigenvalue weighted by Gasteiger charge is -2.35. The summed E-state index contributed by atoms with van der Waals surface area (Å²) in [6.45, 7) is 3.25. The number of benzene rings is 1. The van der Waals surface area contributed by atoms with Crippen LogP contribution in [0.1, 0.15) is 68.1 Å². The average molecular weight is 271 g/mol. The van der Waals surface area contributed by atoms with Crippen LogP contribution in [0, 0.1) is 11.8 Å². The fourth-order valence-electron chi connectivity index (χ4n) is 4.48. The molecule has 3 unspecified atom stereocenters. The van der Waals surface area contributed by atoms with Crippen molar-refractivity contribution in [3.63, 3.8) is 0 Å². The fraction of sp³-hybridized carbons (Fsp3) is 0.684. The van der Waals surface area contributed by atoms with Crippen LogP contribution in [0.4, 0.5) is 0 Å². The number of aryl methyl sites for hydroxylation is 2. The molecule has 1 nitrogen and oxygen atoms in total. The maximum absolute atomic E-state index is 6.17. The van der Waals surface area contributed by atoms with Gasteiger partial charge in [-0.3, -0.25) is 0 Å². The van der Waals surface area contributed by atoms with Gasteiger partial charge in [0.1, 0.15) is 0 Å². The molecule has 110 valence electrons. The molecule has 0 saturated heterocycles. The third-order valence-corrected chi connectivity index (χ3v) is 5.75. The van der Waals surface area contributed by atoms with Crippen molar-refractivity contribution in [2.45, 2.75) is 64.2 Å². The zero-order valence-electron chi connectivity index (χ0n) is 12.9. The summed E-state index contributed by atoms with van der Waals surface area (Å²) >= 11 is 0. The molecule has 0 amide bonds. The van der Waals surface area contributed by atoms with E-state index < -0.39 is 0 Å². The predicted octanol–water partition coefficient (Wildman–Crippen LogP) is 4.43. The molecule has 3 atom stereocenters. The van der Waals surface area contributed by atoms with Crippen molar-refractivity contribution in [2.75, 3.05) is 6.54 Å². The number of rotatable bonds is 3. The zero-order valence-corrected chi connectivity index (χ0v) is 12.9. The lowest BCUT2D eigenvalue weighted by atomic mass is 9.70. The Balaban J connectivity index is 1.85. The average Bonchev–Trinajstić information content (AvgIpc) is 2.50. The Morgan fingerprint density at radius 3 is 2.55 bits per heavy atom. The second kappa shape index (κ2) is 6.30. The summed E-state index contributed by atoms with van der Waals surface area (Å²) in [5, 5.41) is 0. The van der Waals surface area contributed by atoms with E-state index in [0.717, 1.165) is 18.4 Å². The third kappa shape index (κ3) is 2.79. The van der Waals surface area contributed by atoms with Crippen LogP contribution in [0.15, 0.2) is 18.2 Å². The molecular weight excluding hydrogens is 242 g/mol. The maximum atomic E-state index is 6.17. The van der Waals surface area contributed by atoms with E-state index in [1.54, 1.807) is 11.1 Å². The van der Waals surface area contributed by atoms with Crippen LogP contribution in [-0.4, -0.2) is 6.54 Å². The Bertz CT molecular complexity index is 451. The van der Waals surface area contributed by atoms with Crippen LogP contribution >= 0.6 is 0 Å². The maximum Gasteiger partial charge on any atom is -0.000546 e. The van der Waals surface area contributed by atoms with Crippen LogP contribution in [0.3, 0.4) is 0 Å². The molecule has 2 N–H and O–H groups in total. The Hall–Kier alpha value is -0.820. The van der Waals surface area contributed by atoms with Gasteiger partial charge in [0.05, 0.1) is 0 Å². The van der Waals surface area contributed by atoms with Crippen LogP contribution in [0.5, 0.6) is 0 Å². The van der Waals surface area contributed by atoms with Crippen LogP contribution in [-0.2, 0) is 12.8 Å². The Morgan fingerprint density at radius 2 is 1.80 bits per heavy atom. The van der Waals surface area contributed by atoms with Gasteiger partial charge >= 0.3 is 0 Å². The summed E-state index contributed by atoms with van der Waals surface area (Å²) < 4.78 is 0. The predicted molar refractivity (Wildman–Crippen MR) is 86.0 cm³/mol. The molecule has 0 aliphatic heterocycles. The van der Waals surface area contributed by atoms with Gasteiger partial charge in [-0.25, -0.2) is 0 Å². The minimum atomic E-state index is 0.581. The van der Waals surface area contributed by atoms with Crippen molar-refractivity contribution < 1.29 is 0 Å². The van der Waals surface area contributed by atoms with Gasteiger partial charge in [0.25, 0.3) is 0 Å². The number of nitrogens with two attached hydrogens (primary N) is 1. The van der Waals surface area contributed by atoms with E-state index in [-0.39, 0.29) is 0 Å². The van der Waals surface area contributed by atoms with Gasteiger partial charge < -0.3 is 5.73 Å². The first-order valence-electron chi connectivity index (χ1n) is 8.61. The molecule has 3 rings (SSSR count). The van der Waals surface area contributed by atoms with Gasteiger partial charge in [-0.05, 0) is 73.1 Å². The topological polar surface area (TPSA) is 26.0 Å². The Labute approximate surface area is 124 Å². The fourth-order valence-corrected chi connectivity index (χ4v) is 4.48. The summed E-state index contributed by atoms with van der Waals surface area (Å²) in [5.41, 5.74) is 10.9. The smallest absolute Gasteiger partial charge is 0.000546 e. The molecule has 1 aromatic carbocycles. The largest absolute Gasteiger partial charge is 0.330 e. The van der Waals surface area contributed by atoms with Crippen molar-refractivity contribution in [3.8, 4) is 0 Å². The molecular formula is C19H29N. The molecule has 1 saturated carbocycles. The van der Waals surface area contributed by atoms with E-state index >= 15 is 0 Å². The highest BCUT2D eigenvalue weighted by molar-refractivity contribution is 5.36. The molecule has 0 heterocycles. The number of fused-ring (bicyclic) bond motifs is 1. The summed E-state index contributed by atoms with van der Waals surface area (Å²) in [7, 11) is 0. The monoisotopic (exact) mass is 271 g/mol. The summed E-state index contributed by atoms with van der Waals surface area (Å²) in [4.78, 5) is 0.